The van der Waals surface area contributed by atoms with Gasteiger partial charge >= 0.3 is 5.97 Å². The number of nitro groups is 1. The van der Waals surface area contributed by atoms with Crippen molar-refractivity contribution >= 4 is 17.6 Å². The van der Waals surface area contributed by atoms with Crippen LogP contribution in [0.1, 0.15) is 29.3 Å². The monoisotopic (exact) mass is 386 g/mol. The molecule has 28 heavy (non-hydrogen) atoms. The lowest BCUT2D eigenvalue weighted by Gasteiger charge is -2.23. The number of non-ortho nitro benzene ring substituents is 1. The number of ether oxygens (including phenoxy) is 2. The third-order valence-corrected chi connectivity index (χ3v) is 4.01. The van der Waals surface area contributed by atoms with Crippen LogP contribution in [0.15, 0.2) is 48.5 Å². The highest BCUT2D eigenvalue weighted by atomic mass is 16.6. The molecule has 0 radical (unpaired) electrons. The van der Waals surface area contributed by atoms with E-state index in [1.807, 2.05) is 12.1 Å². The Morgan fingerprint density at radius 1 is 1.14 bits per heavy atom. The lowest BCUT2D eigenvalue weighted by atomic mass is 10.1. The molecule has 2 aromatic rings. The molecule has 2 aromatic carbocycles. The van der Waals surface area contributed by atoms with Gasteiger partial charge in [0.1, 0.15) is 5.75 Å². The molecule has 0 bridgehead atoms. The number of carbonyl (C=O) groups excluding carboxylic acids is 2. The van der Waals surface area contributed by atoms with Crippen molar-refractivity contribution in [3.8, 4) is 5.75 Å². The summed E-state index contributed by atoms with van der Waals surface area (Å²) < 4.78 is 10.1. The van der Waals surface area contributed by atoms with Gasteiger partial charge in [-0.3, -0.25) is 19.7 Å². The molecule has 0 aliphatic heterocycles. The predicted molar refractivity (Wildman–Crippen MR) is 102 cm³/mol. The second kappa shape index (κ2) is 10.1. The van der Waals surface area contributed by atoms with Gasteiger partial charge in [-0.1, -0.05) is 18.2 Å². The minimum atomic E-state index is -0.552. The van der Waals surface area contributed by atoms with Gasteiger partial charge in [0.2, 0.25) is 0 Å². The van der Waals surface area contributed by atoms with E-state index in [0.29, 0.717) is 5.75 Å². The predicted octanol–water partition coefficient (Wildman–Crippen LogP) is 3.20. The van der Waals surface area contributed by atoms with Gasteiger partial charge in [0, 0.05) is 30.8 Å². The molecular formula is C20H22N2O6. The van der Waals surface area contributed by atoms with Crippen molar-refractivity contribution in [3.63, 3.8) is 0 Å². The third-order valence-electron chi connectivity index (χ3n) is 4.01. The maximum absolute atomic E-state index is 12.9. The maximum atomic E-state index is 12.9. The zero-order chi connectivity index (χ0) is 20.5. The van der Waals surface area contributed by atoms with Gasteiger partial charge in [0.05, 0.1) is 25.1 Å². The van der Waals surface area contributed by atoms with Gasteiger partial charge in [-0.05, 0) is 30.7 Å². The summed E-state index contributed by atoms with van der Waals surface area (Å²) in [5.74, 6) is -0.121. The molecule has 0 unspecified atom stereocenters. The second-order valence-electron chi connectivity index (χ2n) is 5.94. The molecule has 0 fully saturated rings. The highest BCUT2D eigenvalue weighted by molar-refractivity contribution is 5.95. The lowest BCUT2D eigenvalue weighted by Crippen LogP contribution is -2.33. The normalized spacial score (nSPS) is 10.2. The molecule has 8 heteroatoms. The fourth-order valence-electron chi connectivity index (χ4n) is 2.60. The van der Waals surface area contributed by atoms with Crippen molar-refractivity contribution in [2.24, 2.45) is 0 Å². The van der Waals surface area contributed by atoms with Gasteiger partial charge < -0.3 is 14.4 Å². The quantitative estimate of drug-likeness (QED) is 0.373. The molecule has 0 N–H and O–H groups in total. The number of carbonyl (C=O) groups is 2. The summed E-state index contributed by atoms with van der Waals surface area (Å²) in [6.45, 7) is 2.34. The molecule has 0 aliphatic carbocycles. The van der Waals surface area contributed by atoms with E-state index in [9.17, 15) is 19.7 Å². The number of benzene rings is 2. The minimum absolute atomic E-state index is 0.0324. The Morgan fingerprint density at radius 3 is 2.46 bits per heavy atom. The van der Waals surface area contributed by atoms with Crippen molar-refractivity contribution < 1.29 is 24.0 Å². The largest absolute Gasteiger partial charge is 0.497 e. The molecule has 0 aliphatic rings. The van der Waals surface area contributed by atoms with Gasteiger partial charge in [-0.25, -0.2) is 0 Å². The Balaban J connectivity index is 2.22. The molecule has 0 heterocycles. The number of nitro benzene ring substituents is 1. The fraction of sp³-hybridized carbons (Fsp3) is 0.300. The molecule has 1 amide bonds. The number of nitrogens with zero attached hydrogens (tertiary/aromatic N) is 2. The Morgan fingerprint density at radius 2 is 1.86 bits per heavy atom. The molecule has 0 atom stereocenters. The van der Waals surface area contributed by atoms with Crippen molar-refractivity contribution in [3.05, 3.63) is 69.8 Å². The Hall–Kier alpha value is -3.42. The van der Waals surface area contributed by atoms with Crippen LogP contribution in [0.25, 0.3) is 0 Å². The van der Waals surface area contributed by atoms with Crippen LogP contribution in [0, 0.1) is 10.1 Å². The lowest BCUT2D eigenvalue weighted by molar-refractivity contribution is -0.384. The summed E-state index contributed by atoms with van der Waals surface area (Å²) in [6.07, 6.45) is 0.0324. The van der Waals surface area contributed by atoms with Crippen LogP contribution in [0.3, 0.4) is 0 Å². The van der Waals surface area contributed by atoms with E-state index in [4.69, 9.17) is 9.47 Å². The van der Waals surface area contributed by atoms with E-state index in [1.54, 1.807) is 26.2 Å². The van der Waals surface area contributed by atoms with Crippen molar-refractivity contribution in [1.82, 2.24) is 4.90 Å². The molecule has 148 valence electrons. The van der Waals surface area contributed by atoms with Crippen LogP contribution < -0.4 is 4.74 Å². The number of hydrogen-bond donors (Lipinski definition) is 0. The molecule has 0 spiro atoms. The van der Waals surface area contributed by atoms with E-state index in [2.05, 4.69) is 0 Å². The van der Waals surface area contributed by atoms with Gasteiger partial charge in [-0.2, -0.15) is 0 Å². The van der Waals surface area contributed by atoms with Crippen molar-refractivity contribution in [2.45, 2.75) is 19.9 Å². The number of methoxy groups -OCH3 is 1. The number of amides is 1. The third kappa shape index (κ3) is 5.80. The summed E-state index contributed by atoms with van der Waals surface area (Å²) in [5, 5.41) is 11.0. The van der Waals surface area contributed by atoms with Crippen LogP contribution in [-0.2, 0) is 16.1 Å². The summed E-state index contributed by atoms with van der Waals surface area (Å²) in [5.41, 5.74) is 0.857. The second-order valence-corrected chi connectivity index (χ2v) is 5.94. The van der Waals surface area contributed by atoms with Crippen LogP contribution in [0.2, 0.25) is 0 Å². The molecule has 8 nitrogen and oxygen atoms in total. The summed E-state index contributed by atoms with van der Waals surface area (Å²) in [4.78, 5) is 36.6. The molecule has 0 saturated carbocycles. The number of rotatable bonds is 9. The number of esters is 1. The summed E-state index contributed by atoms with van der Waals surface area (Å²) >= 11 is 0. The van der Waals surface area contributed by atoms with Crippen molar-refractivity contribution in [1.29, 1.82) is 0 Å². The summed E-state index contributed by atoms with van der Waals surface area (Å²) in [6, 6.07) is 12.7. The van der Waals surface area contributed by atoms with Crippen LogP contribution in [-0.4, -0.2) is 42.0 Å². The smallest absolute Gasteiger partial charge is 0.307 e. The van der Waals surface area contributed by atoms with Crippen LogP contribution >= 0.6 is 0 Å². The topological polar surface area (TPSA) is 99.0 Å². The highest BCUT2D eigenvalue weighted by Crippen LogP contribution is 2.18. The first-order chi connectivity index (χ1) is 13.4. The SMILES string of the molecule is CCOC(=O)CCN(Cc1ccc(OC)cc1)C(=O)c1cccc([N+](=O)[O-])c1. The number of hydrogen-bond acceptors (Lipinski definition) is 6. The zero-order valence-corrected chi connectivity index (χ0v) is 15.8. The molecule has 2 rings (SSSR count). The first kappa shape index (κ1) is 20.9. The van der Waals surface area contributed by atoms with E-state index in [0.717, 1.165) is 5.56 Å². The van der Waals surface area contributed by atoms with E-state index >= 15 is 0 Å². The average Bonchev–Trinajstić information content (AvgIpc) is 2.71. The highest BCUT2D eigenvalue weighted by Gasteiger charge is 2.20. The molecule has 0 saturated heterocycles. The Bertz CT molecular complexity index is 835. The first-order valence-electron chi connectivity index (χ1n) is 8.77. The van der Waals surface area contributed by atoms with Crippen LogP contribution in [0.4, 0.5) is 5.69 Å². The zero-order valence-electron chi connectivity index (χ0n) is 15.8. The van der Waals surface area contributed by atoms with E-state index in [1.165, 1.54) is 29.2 Å². The summed E-state index contributed by atoms with van der Waals surface area (Å²) in [7, 11) is 1.56. The minimum Gasteiger partial charge on any atom is -0.497 e. The van der Waals surface area contributed by atoms with E-state index in [-0.39, 0.29) is 37.4 Å². The van der Waals surface area contributed by atoms with Gasteiger partial charge in [0.25, 0.3) is 11.6 Å². The molecular weight excluding hydrogens is 364 g/mol. The van der Waals surface area contributed by atoms with E-state index < -0.39 is 16.8 Å². The van der Waals surface area contributed by atoms with Crippen molar-refractivity contribution in [2.75, 3.05) is 20.3 Å². The first-order valence-corrected chi connectivity index (χ1v) is 8.77. The Labute approximate surface area is 162 Å². The molecule has 0 aromatic heterocycles. The van der Waals surface area contributed by atoms with Gasteiger partial charge in [-0.15, -0.1) is 0 Å². The van der Waals surface area contributed by atoms with Crippen LogP contribution in [0.5, 0.6) is 5.75 Å². The average molecular weight is 386 g/mol. The standard InChI is InChI=1S/C20H22N2O6/c1-3-28-19(23)11-12-21(14-15-7-9-18(27-2)10-8-15)20(24)16-5-4-6-17(13-16)22(25)26/h4-10,13H,3,11-12,14H2,1-2H3. The fourth-order valence-corrected chi connectivity index (χ4v) is 2.60. The maximum Gasteiger partial charge on any atom is 0.307 e. The Kier molecular flexibility index (Phi) is 7.50. The van der Waals surface area contributed by atoms with Gasteiger partial charge in [0.15, 0.2) is 0 Å².